The molecule has 2 atom stereocenters. The van der Waals surface area contributed by atoms with Crippen LogP contribution in [0.4, 0.5) is 10.1 Å². The molecule has 0 radical (unpaired) electrons. The predicted molar refractivity (Wildman–Crippen MR) is 116 cm³/mol. The number of hydrogen-bond acceptors (Lipinski definition) is 5. The van der Waals surface area contributed by atoms with Gasteiger partial charge in [-0.2, -0.15) is 0 Å². The van der Waals surface area contributed by atoms with Crippen LogP contribution in [0, 0.1) is 12.7 Å². The Morgan fingerprint density at radius 1 is 1.06 bits per heavy atom. The molecule has 0 saturated carbocycles. The van der Waals surface area contributed by atoms with Crippen molar-refractivity contribution >= 4 is 17.5 Å². The van der Waals surface area contributed by atoms with E-state index in [4.69, 9.17) is 4.74 Å². The summed E-state index contributed by atoms with van der Waals surface area (Å²) in [6.45, 7) is 6.51. The van der Waals surface area contributed by atoms with Crippen LogP contribution in [0.25, 0.3) is 5.69 Å². The average Bonchev–Trinajstić information content (AvgIpc) is 3.15. The van der Waals surface area contributed by atoms with Crippen molar-refractivity contribution in [2.75, 3.05) is 18.4 Å². The van der Waals surface area contributed by atoms with E-state index >= 15 is 0 Å². The number of carbonyl (C=O) groups is 2. The summed E-state index contributed by atoms with van der Waals surface area (Å²) in [6, 6.07) is 12.6. The molecule has 0 aliphatic carbocycles. The van der Waals surface area contributed by atoms with E-state index in [2.05, 4.69) is 15.4 Å². The van der Waals surface area contributed by atoms with Gasteiger partial charge in [0.2, 0.25) is 5.82 Å². The molecule has 8 nitrogen and oxygen atoms in total. The molecule has 2 amide bonds. The van der Waals surface area contributed by atoms with Crippen LogP contribution in [0.1, 0.15) is 40.6 Å². The van der Waals surface area contributed by atoms with E-state index in [0.717, 1.165) is 0 Å². The fourth-order valence-corrected chi connectivity index (χ4v) is 3.78. The van der Waals surface area contributed by atoms with Crippen molar-refractivity contribution in [1.82, 2.24) is 19.7 Å². The first-order valence-electron chi connectivity index (χ1n) is 10.4. The maximum absolute atomic E-state index is 13.2. The zero-order chi connectivity index (χ0) is 22.8. The number of morpholine rings is 1. The highest BCUT2D eigenvalue weighted by Gasteiger charge is 2.28. The van der Waals surface area contributed by atoms with E-state index in [0.29, 0.717) is 35.9 Å². The number of nitrogens with zero attached hydrogens (tertiary/aromatic N) is 4. The maximum atomic E-state index is 13.2. The molecule has 1 saturated heterocycles. The Hall–Kier alpha value is -3.59. The van der Waals surface area contributed by atoms with Gasteiger partial charge in [-0.05, 0) is 57.2 Å². The van der Waals surface area contributed by atoms with Crippen molar-refractivity contribution in [3.05, 3.63) is 71.6 Å². The normalized spacial score (nSPS) is 18.4. The van der Waals surface area contributed by atoms with Gasteiger partial charge in [0, 0.05) is 13.1 Å². The molecule has 1 N–H and O–H groups in total. The van der Waals surface area contributed by atoms with Crippen LogP contribution >= 0.6 is 0 Å². The zero-order valence-electron chi connectivity index (χ0n) is 18.1. The first-order chi connectivity index (χ1) is 15.3. The Kier molecular flexibility index (Phi) is 6.00. The summed E-state index contributed by atoms with van der Waals surface area (Å²) in [7, 11) is 0. The summed E-state index contributed by atoms with van der Waals surface area (Å²) in [4.78, 5) is 32.0. The standard InChI is InChI=1S/C23H24FN5O3/c1-14-12-28(13-15(2)32-14)23(31)19-6-4-5-7-20(19)26-22(30)21-25-16(3)29(27-21)18-10-8-17(24)9-11-18/h4-11,14-15H,12-13H2,1-3H3,(H,26,30)/t14-,15+. The molecule has 0 spiro atoms. The summed E-state index contributed by atoms with van der Waals surface area (Å²) < 4.78 is 20.4. The first kappa shape index (κ1) is 21.6. The van der Waals surface area contributed by atoms with Crippen LogP contribution in [0.3, 0.4) is 0 Å². The van der Waals surface area contributed by atoms with E-state index in [-0.39, 0.29) is 29.8 Å². The van der Waals surface area contributed by atoms with Crippen LogP contribution in [-0.4, -0.2) is 56.8 Å². The Balaban J connectivity index is 1.55. The van der Waals surface area contributed by atoms with E-state index in [1.54, 1.807) is 48.2 Å². The minimum atomic E-state index is -0.544. The number of ether oxygens (including phenoxy) is 1. The van der Waals surface area contributed by atoms with Crippen molar-refractivity contribution in [3.63, 3.8) is 0 Å². The number of aryl methyl sites for hydroxylation is 1. The van der Waals surface area contributed by atoms with E-state index in [9.17, 15) is 14.0 Å². The van der Waals surface area contributed by atoms with Crippen LogP contribution in [0.15, 0.2) is 48.5 Å². The summed E-state index contributed by atoms with van der Waals surface area (Å²) in [5, 5.41) is 7.00. The highest BCUT2D eigenvalue weighted by atomic mass is 19.1. The van der Waals surface area contributed by atoms with Gasteiger partial charge in [-0.15, -0.1) is 5.10 Å². The molecule has 1 fully saturated rings. The molecule has 0 unspecified atom stereocenters. The molecular formula is C23H24FN5O3. The molecule has 166 valence electrons. The number of halogens is 1. The van der Waals surface area contributed by atoms with Gasteiger partial charge in [-0.3, -0.25) is 9.59 Å². The number of nitrogens with one attached hydrogen (secondary N) is 1. The largest absolute Gasteiger partial charge is 0.372 e. The van der Waals surface area contributed by atoms with Crippen molar-refractivity contribution in [2.24, 2.45) is 0 Å². The molecule has 2 heterocycles. The quantitative estimate of drug-likeness (QED) is 0.677. The molecule has 3 aromatic rings. The number of rotatable bonds is 4. The third kappa shape index (κ3) is 4.52. The third-order valence-electron chi connectivity index (χ3n) is 5.16. The Labute approximate surface area is 185 Å². The number of benzene rings is 2. The zero-order valence-corrected chi connectivity index (χ0v) is 18.1. The minimum absolute atomic E-state index is 0.0531. The van der Waals surface area contributed by atoms with Crippen molar-refractivity contribution < 1.29 is 18.7 Å². The molecule has 1 aliphatic heterocycles. The highest BCUT2D eigenvalue weighted by molar-refractivity contribution is 6.07. The highest BCUT2D eigenvalue weighted by Crippen LogP contribution is 2.21. The summed E-state index contributed by atoms with van der Waals surface area (Å²) in [5.41, 5.74) is 1.35. The average molecular weight is 437 g/mol. The predicted octanol–water partition coefficient (Wildman–Crippen LogP) is 3.22. The second-order valence-corrected chi connectivity index (χ2v) is 7.84. The fraction of sp³-hybridized carbons (Fsp3) is 0.304. The second kappa shape index (κ2) is 8.88. The van der Waals surface area contributed by atoms with Crippen molar-refractivity contribution in [2.45, 2.75) is 33.0 Å². The maximum Gasteiger partial charge on any atom is 0.295 e. The van der Waals surface area contributed by atoms with Crippen LogP contribution in [0.2, 0.25) is 0 Å². The third-order valence-corrected chi connectivity index (χ3v) is 5.16. The van der Waals surface area contributed by atoms with Crippen LogP contribution in [0.5, 0.6) is 0 Å². The molecule has 2 aromatic carbocycles. The van der Waals surface area contributed by atoms with Crippen LogP contribution < -0.4 is 5.32 Å². The monoisotopic (exact) mass is 437 g/mol. The van der Waals surface area contributed by atoms with E-state index in [1.807, 2.05) is 13.8 Å². The van der Waals surface area contributed by atoms with Crippen molar-refractivity contribution in [1.29, 1.82) is 0 Å². The lowest BCUT2D eigenvalue weighted by molar-refractivity contribution is -0.0585. The number of amides is 2. The van der Waals surface area contributed by atoms with Gasteiger partial charge >= 0.3 is 0 Å². The molecular weight excluding hydrogens is 413 g/mol. The molecule has 0 bridgehead atoms. The second-order valence-electron chi connectivity index (χ2n) is 7.84. The molecule has 4 rings (SSSR count). The lowest BCUT2D eigenvalue weighted by Crippen LogP contribution is -2.48. The smallest absolute Gasteiger partial charge is 0.295 e. The van der Waals surface area contributed by atoms with Crippen LogP contribution in [-0.2, 0) is 4.74 Å². The first-order valence-corrected chi connectivity index (χ1v) is 10.4. The van der Waals surface area contributed by atoms with Gasteiger partial charge in [0.05, 0.1) is 29.1 Å². The number of para-hydroxylation sites is 1. The topological polar surface area (TPSA) is 89.3 Å². The van der Waals surface area contributed by atoms with E-state index < -0.39 is 5.91 Å². The molecule has 32 heavy (non-hydrogen) atoms. The number of aromatic nitrogens is 3. The minimum Gasteiger partial charge on any atom is -0.372 e. The van der Waals surface area contributed by atoms with Gasteiger partial charge in [-0.25, -0.2) is 14.1 Å². The van der Waals surface area contributed by atoms with Crippen molar-refractivity contribution in [3.8, 4) is 5.69 Å². The van der Waals surface area contributed by atoms with Gasteiger partial charge in [0.15, 0.2) is 0 Å². The summed E-state index contributed by atoms with van der Waals surface area (Å²) in [6.07, 6.45) is -0.126. The Morgan fingerprint density at radius 3 is 2.41 bits per heavy atom. The summed E-state index contributed by atoms with van der Waals surface area (Å²) in [5.74, 6) is -0.665. The Morgan fingerprint density at radius 2 is 1.72 bits per heavy atom. The van der Waals surface area contributed by atoms with Gasteiger partial charge in [0.1, 0.15) is 11.6 Å². The number of hydrogen-bond donors (Lipinski definition) is 1. The lowest BCUT2D eigenvalue weighted by Gasteiger charge is -2.35. The van der Waals surface area contributed by atoms with Gasteiger partial charge < -0.3 is 15.0 Å². The molecule has 1 aliphatic rings. The molecule has 1 aromatic heterocycles. The van der Waals surface area contributed by atoms with E-state index in [1.165, 1.54) is 16.8 Å². The van der Waals surface area contributed by atoms with Gasteiger partial charge in [0.25, 0.3) is 11.8 Å². The SMILES string of the molecule is Cc1nc(C(=O)Nc2ccccc2C(=O)N2C[C@@H](C)O[C@@H](C)C2)nn1-c1ccc(F)cc1. The van der Waals surface area contributed by atoms with Gasteiger partial charge in [-0.1, -0.05) is 12.1 Å². The summed E-state index contributed by atoms with van der Waals surface area (Å²) >= 11 is 0. The Bertz CT molecular complexity index is 1130. The molecule has 9 heteroatoms. The number of anilines is 1. The fourth-order valence-electron chi connectivity index (χ4n) is 3.78. The lowest BCUT2D eigenvalue weighted by atomic mass is 10.1. The number of carbonyl (C=O) groups excluding carboxylic acids is 2.